The average molecular weight is 309 g/mol. The summed E-state index contributed by atoms with van der Waals surface area (Å²) < 4.78 is 13.4. The highest BCUT2D eigenvalue weighted by Crippen LogP contribution is 2.24. The van der Waals surface area contributed by atoms with Crippen LogP contribution in [0.15, 0.2) is 18.1 Å². The number of aryl methyl sites for hydroxylation is 1. The molecule has 0 saturated carbocycles. The molecule has 1 aliphatic rings. The zero-order valence-corrected chi connectivity index (χ0v) is 11.8. The third kappa shape index (κ3) is 3.29. The van der Waals surface area contributed by atoms with Crippen molar-refractivity contribution in [3.8, 4) is 5.75 Å². The predicted octanol–water partition coefficient (Wildman–Crippen LogP) is -2.47. The van der Waals surface area contributed by atoms with Gasteiger partial charge in [0, 0.05) is 24.3 Å². The molecule has 2 rings (SSSR count). The van der Waals surface area contributed by atoms with Crippen LogP contribution >= 0.6 is 0 Å². The van der Waals surface area contributed by atoms with Gasteiger partial charge in [0.2, 0.25) is 0 Å². The van der Waals surface area contributed by atoms with E-state index in [4.69, 9.17) is 0 Å². The van der Waals surface area contributed by atoms with Gasteiger partial charge in [-0.2, -0.15) is 0 Å². The minimum atomic E-state index is -1.48. The van der Waals surface area contributed by atoms with E-state index in [2.05, 4.69) is 14.9 Å². The highest BCUT2D eigenvalue weighted by Gasteiger charge is 2.28. The molecule has 0 bridgehead atoms. The first kappa shape index (κ1) is 16.1. The summed E-state index contributed by atoms with van der Waals surface area (Å²) in [5.74, 6) is -3.64. The van der Waals surface area contributed by atoms with Gasteiger partial charge in [0.1, 0.15) is 11.6 Å². The summed E-state index contributed by atoms with van der Waals surface area (Å²) in [6.45, 7) is 1.39. The van der Waals surface area contributed by atoms with Gasteiger partial charge in [-0.15, -0.1) is 0 Å². The second-order valence-electron chi connectivity index (χ2n) is 4.94. The van der Waals surface area contributed by atoms with Crippen LogP contribution in [0.25, 0.3) is 0 Å². The van der Waals surface area contributed by atoms with E-state index in [0.29, 0.717) is 22.5 Å². The van der Waals surface area contributed by atoms with Gasteiger partial charge in [-0.1, -0.05) is 0 Å². The molecule has 0 spiro atoms. The second-order valence-corrected chi connectivity index (χ2v) is 4.94. The molecule has 1 heterocycles. The summed E-state index contributed by atoms with van der Waals surface area (Å²) >= 11 is 0. The van der Waals surface area contributed by atoms with Crippen molar-refractivity contribution in [2.45, 2.75) is 26.5 Å². The van der Waals surface area contributed by atoms with E-state index in [9.17, 15) is 24.7 Å². The molecule has 1 aliphatic carbocycles. The molecule has 0 aliphatic heterocycles. The third-order valence-electron chi connectivity index (χ3n) is 3.49. The standard InChI is InChI=1S/C14H15FN2O5/c1-7-13(18)11(8(4-16-7)6-22-21)5-17-9-2-10(14(19)20)12(15)3-9/h3-4,10,18,21H,2,5-6H2,1H3,(H,19,20)/p-1/t10-/m1/s1. The van der Waals surface area contributed by atoms with Gasteiger partial charge in [0.25, 0.3) is 0 Å². The van der Waals surface area contributed by atoms with E-state index in [1.165, 1.54) is 6.20 Å². The van der Waals surface area contributed by atoms with Crippen molar-refractivity contribution in [3.05, 3.63) is 34.9 Å². The van der Waals surface area contributed by atoms with Gasteiger partial charge in [-0.25, -0.2) is 9.38 Å². The van der Waals surface area contributed by atoms with E-state index >= 15 is 0 Å². The first-order valence-electron chi connectivity index (χ1n) is 6.52. The topological polar surface area (TPSA) is 120 Å². The number of hydrogen-bond acceptors (Lipinski definition) is 6. The van der Waals surface area contributed by atoms with Crippen molar-refractivity contribution >= 4 is 11.7 Å². The van der Waals surface area contributed by atoms with Crippen LogP contribution in [0.5, 0.6) is 5.75 Å². The Hall–Kier alpha value is -2.32. The Morgan fingerprint density at radius 3 is 2.95 bits per heavy atom. The van der Waals surface area contributed by atoms with E-state index in [0.717, 1.165) is 6.08 Å². The zero-order chi connectivity index (χ0) is 16.3. The minimum absolute atomic E-state index is 0.0492. The molecule has 0 aromatic carbocycles. The van der Waals surface area contributed by atoms with Crippen LogP contribution in [0.1, 0.15) is 23.2 Å². The van der Waals surface area contributed by atoms with Crippen LogP contribution in [0.3, 0.4) is 0 Å². The van der Waals surface area contributed by atoms with E-state index in [1.54, 1.807) is 6.92 Å². The quantitative estimate of drug-likeness (QED) is 0.459. The molecule has 2 N–H and O–H groups in total. The molecule has 7 nitrogen and oxygen atoms in total. The molecule has 0 radical (unpaired) electrons. The number of nitrogens with one attached hydrogen (secondary N) is 1. The van der Waals surface area contributed by atoms with Gasteiger partial charge in [0.05, 0.1) is 29.8 Å². The maximum absolute atomic E-state index is 13.4. The average Bonchev–Trinajstić information content (AvgIpc) is 2.84. The SMILES string of the molecule is Cc1ncc(CO[O-])c(C[NH+]=C2C=C(F)[C@H](C(=O)[O-])C2)c1O. The number of rotatable bonds is 5. The Kier molecular flexibility index (Phi) is 4.84. The van der Waals surface area contributed by atoms with Crippen LogP contribution < -0.4 is 15.4 Å². The van der Waals surface area contributed by atoms with Gasteiger partial charge < -0.3 is 25.2 Å². The fourth-order valence-electron chi connectivity index (χ4n) is 2.23. The number of halogens is 1. The van der Waals surface area contributed by atoms with Crippen LogP contribution in [0.4, 0.5) is 4.39 Å². The number of nitrogens with zero attached hydrogens (tertiary/aromatic N) is 1. The van der Waals surface area contributed by atoms with E-state index < -0.39 is 17.7 Å². The lowest BCUT2D eigenvalue weighted by Crippen LogP contribution is -2.70. The Bertz CT molecular complexity index is 657. The van der Waals surface area contributed by atoms with Gasteiger partial charge in [0.15, 0.2) is 12.3 Å². The van der Waals surface area contributed by atoms with Crippen LogP contribution in [-0.2, 0) is 22.8 Å². The molecule has 0 unspecified atom stereocenters. The monoisotopic (exact) mass is 309 g/mol. The summed E-state index contributed by atoms with van der Waals surface area (Å²) in [6.07, 6.45) is 2.45. The van der Waals surface area contributed by atoms with Crippen molar-refractivity contribution in [3.63, 3.8) is 0 Å². The van der Waals surface area contributed by atoms with Crippen molar-refractivity contribution in [1.29, 1.82) is 0 Å². The Labute approximate surface area is 125 Å². The number of carbonyl (C=O) groups excluding carboxylic acids is 1. The molecule has 1 aromatic heterocycles. The van der Waals surface area contributed by atoms with Gasteiger partial charge in [-0.05, 0) is 6.92 Å². The van der Waals surface area contributed by atoms with E-state index in [-0.39, 0.29) is 25.3 Å². The summed E-state index contributed by atoms with van der Waals surface area (Å²) in [5, 5.41) is 31.0. The number of carboxylic acid groups (broad SMARTS) is 1. The maximum atomic E-state index is 13.4. The number of allylic oxidation sites excluding steroid dienone is 1. The second kappa shape index (κ2) is 6.63. The lowest BCUT2D eigenvalue weighted by Gasteiger charge is -2.12. The number of aliphatic carboxylic acids is 1. The zero-order valence-electron chi connectivity index (χ0n) is 11.8. The number of hydrogen-bond donors (Lipinski definition) is 2. The molecule has 0 amide bonds. The Morgan fingerprint density at radius 1 is 1.64 bits per heavy atom. The van der Waals surface area contributed by atoms with Gasteiger partial charge in [-0.3, -0.25) is 4.98 Å². The Morgan fingerprint density at radius 2 is 2.36 bits per heavy atom. The molecule has 1 aromatic rings. The summed E-state index contributed by atoms with van der Waals surface area (Å²) in [7, 11) is 0. The van der Waals surface area contributed by atoms with Gasteiger partial charge >= 0.3 is 0 Å². The Balaban J connectivity index is 2.23. The minimum Gasteiger partial charge on any atom is -0.723 e. The normalized spacial score (nSPS) is 19.5. The largest absolute Gasteiger partial charge is 0.723 e. The highest BCUT2D eigenvalue weighted by molar-refractivity contribution is 5.97. The molecule has 0 fully saturated rings. The molecule has 1 atom stereocenters. The first-order chi connectivity index (χ1) is 10.4. The molecule has 0 saturated heterocycles. The fraction of sp³-hybridized carbons (Fsp3) is 0.357. The van der Waals surface area contributed by atoms with E-state index in [1.807, 2.05) is 0 Å². The number of aromatic nitrogens is 1. The number of aromatic hydroxyl groups is 1. The van der Waals surface area contributed by atoms with Crippen LogP contribution in [0.2, 0.25) is 0 Å². The molecular weight excluding hydrogens is 295 g/mol. The predicted molar refractivity (Wildman–Crippen MR) is 67.4 cm³/mol. The van der Waals surface area contributed by atoms with Crippen molar-refractivity contribution < 1.29 is 34.5 Å². The number of pyridine rings is 1. The van der Waals surface area contributed by atoms with Crippen molar-refractivity contribution in [2.75, 3.05) is 0 Å². The lowest BCUT2D eigenvalue weighted by atomic mass is 10.1. The maximum Gasteiger partial charge on any atom is 0.178 e. The molecule has 22 heavy (non-hydrogen) atoms. The smallest absolute Gasteiger partial charge is 0.178 e. The number of carboxylic acids is 1. The lowest BCUT2D eigenvalue weighted by molar-refractivity contribution is -0.695. The molecule has 118 valence electrons. The van der Waals surface area contributed by atoms with Crippen molar-refractivity contribution in [1.82, 2.24) is 4.98 Å². The first-order valence-corrected chi connectivity index (χ1v) is 6.52. The third-order valence-corrected chi connectivity index (χ3v) is 3.49. The van der Waals surface area contributed by atoms with Crippen LogP contribution in [-0.4, -0.2) is 21.8 Å². The van der Waals surface area contributed by atoms with Crippen LogP contribution in [0, 0.1) is 12.8 Å². The summed E-state index contributed by atoms with van der Waals surface area (Å²) in [6, 6.07) is 0. The van der Waals surface area contributed by atoms with Crippen molar-refractivity contribution in [2.24, 2.45) is 5.92 Å². The number of carbonyl (C=O) groups is 1. The highest BCUT2D eigenvalue weighted by atomic mass is 19.1. The molecule has 8 heteroatoms. The molecular formula is C14H14FN2O5-. The summed E-state index contributed by atoms with van der Waals surface area (Å²) in [5.41, 5.74) is 1.53. The fourth-order valence-corrected chi connectivity index (χ4v) is 2.23. The summed E-state index contributed by atoms with van der Waals surface area (Å²) in [4.78, 5) is 21.3.